The molecule has 1 fully saturated rings. The van der Waals surface area contributed by atoms with Gasteiger partial charge in [0.1, 0.15) is 27.1 Å². The molecule has 36 heavy (non-hydrogen) atoms. The van der Waals surface area contributed by atoms with Crippen LogP contribution < -0.4 is 24.2 Å². The molecule has 0 radical (unpaired) electrons. The lowest BCUT2D eigenvalue weighted by Gasteiger charge is -2.26. The number of benzene rings is 3. The zero-order valence-electron chi connectivity index (χ0n) is 19.8. The van der Waals surface area contributed by atoms with E-state index in [0.717, 1.165) is 13.0 Å². The fourth-order valence-electron chi connectivity index (χ4n) is 4.04. The SMILES string of the molecule is COc1cc(-c2ccc(F)cc2)c(S(=O)(=O)Nc2ccc(Cl)c(O[C@]3(C)CCNC3)c2)c(Cl)c1OC. The van der Waals surface area contributed by atoms with Crippen molar-refractivity contribution < 1.29 is 27.0 Å². The first-order valence-corrected chi connectivity index (χ1v) is 13.2. The first-order chi connectivity index (χ1) is 17.1. The zero-order chi connectivity index (χ0) is 26.1. The van der Waals surface area contributed by atoms with Gasteiger partial charge in [0, 0.05) is 24.6 Å². The van der Waals surface area contributed by atoms with E-state index in [-0.39, 0.29) is 32.7 Å². The monoisotopic (exact) mass is 554 g/mol. The molecule has 1 heterocycles. The summed E-state index contributed by atoms with van der Waals surface area (Å²) in [6.07, 6.45) is 0.779. The van der Waals surface area contributed by atoms with Crippen molar-refractivity contribution >= 4 is 38.9 Å². The maximum absolute atomic E-state index is 13.7. The van der Waals surface area contributed by atoms with Gasteiger partial charge in [0.2, 0.25) is 0 Å². The molecular weight excluding hydrogens is 530 g/mol. The van der Waals surface area contributed by atoms with Crippen molar-refractivity contribution in [3.8, 4) is 28.4 Å². The third kappa shape index (κ3) is 5.34. The normalized spacial score (nSPS) is 17.6. The quantitative estimate of drug-likeness (QED) is 0.368. The van der Waals surface area contributed by atoms with Crippen LogP contribution in [0.3, 0.4) is 0 Å². The van der Waals surface area contributed by atoms with Gasteiger partial charge in [-0.3, -0.25) is 4.72 Å². The smallest absolute Gasteiger partial charge is 0.264 e. The second-order valence-corrected chi connectivity index (χ2v) is 10.9. The van der Waals surface area contributed by atoms with Crippen molar-refractivity contribution in [2.24, 2.45) is 0 Å². The molecule has 0 spiro atoms. The number of halogens is 3. The second kappa shape index (κ2) is 10.3. The van der Waals surface area contributed by atoms with Crippen LogP contribution in [0.2, 0.25) is 10.0 Å². The number of hydrogen-bond acceptors (Lipinski definition) is 6. The average molecular weight is 555 g/mol. The fraction of sp³-hybridized carbons (Fsp3) is 0.280. The molecule has 1 aliphatic heterocycles. The van der Waals surface area contributed by atoms with E-state index in [1.54, 1.807) is 6.07 Å². The van der Waals surface area contributed by atoms with Gasteiger partial charge in [0.15, 0.2) is 11.5 Å². The lowest BCUT2D eigenvalue weighted by atomic mass is 10.0. The predicted molar refractivity (Wildman–Crippen MR) is 139 cm³/mol. The number of ether oxygens (including phenoxy) is 3. The minimum atomic E-state index is -4.28. The minimum absolute atomic E-state index is 0.0483. The summed E-state index contributed by atoms with van der Waals surface area (Å²) in [5, 5.41) is 3.41. The van der Waals surface area contributed by atoms with Crippen molar-refractivity contribution in [1.29, 1.82) is 0 Å². The van der Waals surface area contributed by atoms with Crippen LogP contribution in [-0.4, -0.2) is 41.3 Å². The summed E-state index contributed by atoms with van der Waals surface area (Å²) in [4.78, 5) is -0.252. The molecule has 1 atom stereocenters. The summed E-state index contributed by atoms with van der Waals surface area (Å²) < 4.78 is 60.4. The average Bonchev–Trinajstić information content (AvgIpc) is 3.26. The zero-order valence-corrected chi connectivity index (χ0v) is 22.2. The van der Waals surface area contributed by atoms with Gasteiger partial charge in [-0.1, -0.05) is 35.3 Å². The van der Waals surface area contributed by atoms with E-state index in [4.69, 9.17) is 37.4 Å². The predicted octanol–water partition coefficient (Wildman–Crippen LogP) is 5.75. The van der Waals surface area contributed by atoms with Crippen LogP contribution in [0.5, 0.6) is 17.2 Å². The number of methoxy groups -OCH3 is 2. The summed E-state index contributed by atoms with van der Waals surface area (Å²) >= 11 is 12.9. The highest BCUT2D eigenvalue weighted by molar-refractivity contribution is 7.93. The standard InChI is InChI=1S/C25H25Cl2FN2O5S/c1-25(10-11-29-14-25)35-20-12-17(8-9-19(20)26)30-36(31,32)24-18(15-4-6-16(28)7-5-15)13-21(33-2)23(34-3)22(24)27/h4-9,12-13,29-30H,10-11,14H2,1-3H3/t25-/m1/s1. The highest BCUT2D eigenvalue weighted by Gasteiger charge is 2.32. The maximum atomic E-state index is 13.7. The fourth-order valence-corrected chi connectivity index (χ4v) is 6.11. The van der Waals surface area contributed by atoms with Crippen LogP contribution in [0.4, 0.5) is 10.1 Å². The second-order valence-electron chi connectivity index (χ2n) is 8.54. The Morgan fingerprint density at radius 2 is 1.75 bits per heavy atom. The summed E-state index contributed by atoms with van der Waals surface area (Å²) in [5.41, 5.74) is 0.380. The molecular formula is C25H25Cl2FN2O5S. The molecule has 0 bridgehead atoms. The lowest BCUT2D eigenvalue weighted by molar-refractivity contribution is 0.111. The number of rotatable bonds is 8. The van der Waals surface area contributed by atoms with Gasteiger partial charge in [-0.05, 0) is 49.4 Å². The molecule has 192 valence electrons. The molecule has 0 saturated carbocycles. The van der Waals surface area contributed by atoms with Crippen molar-refractivity contribution in [1.82, 2.24) is 5.32 Å². The molecule has 0 aromatic heterocycles. The molecule has 7 nitrogen and oxygen atoms in total. The summed E-state index contributed by atoms with van der Waals surface area (Å²) in [7, 11) is -1.52. The maximum Gasteiger partial charge on any atom is 0.264 e. The molecule has 0 amide bonds. The molecule has 0 unspecified atom stereocenters. The van der Waals surface area contributed by atoms with Crippen LogP contribution in [0.15, 0.2) is 53.4 Å². The van der Waals surface area contributed by atoms with Gasteiger partial charge < -0.3 is 19.5 Å². The molecule has 3 aromatic rings. The largest absolute Gasteiger partial charge is 0.493 e. The van der Waals surface area contributed by atoms with E-state index in [2.05, 4.69) is 10.0 Å². The van der Waals surface area contributed by atoms with Gasteiger partial charge in [-0.25, -0.2) is 12.8 Å². The van der Waals surface area contributed by atoms with Gasteiger partial charge in [-0.2, -0.15) is 0 Å². The Labute approximate surface area is 219 Å². The Morgan fingerprint density at radius 1 is 1.03 bits per heavy atom. The lowest BCUT2D eigenvalue weighted by Crippen LogP contribution is -2.34. The van der Waals surface area contributed by atoms with E-state index in [1.165, 1.54) is 56.7 Å². The Hall–Kier alpha value is -2.72. The molecule has 2 N–H and O–H groups in total. The Balaban J connectivity index is 1.79. The van der Waals surface area contributed by atoms with Crippen LogP contribution in [0.1, 0.15) is 13.3 Å². The van der Waals surface area contributed by atoms with E-state index in [1.807, 2.05) is 6.92 Å². The third-order valence-corrected chi connectivity index (χ3v) is 8.11. The number of nitrogens with one attached hydrogen (secondary N) is 2. The third-order valence-electron chi connectivity index (χ3n) is 5.86. The molecule has 3 aromatic carbocycles. The van der Waals surface area contributed by atoms with E-state index < -0.39 is 21.4 Å². The highest BCUT2D eigenvalue weighted by Crippen LogP contribution is 2.46. The molecule has 1 aliphatic rings. The van der Waals surface area contributed by atoms with Crippen LogP contribution >= 0.6 is 23.2 Å². The van der Waals surface area contributed by atoms with Crippen LogP contribution in [0, 0.1) is 5.82 Å². The summed E-state index contributed by atoms with van der Waals surface area (Å²) in [6, 6.07) is 11.4. The van der Waals surface area contributed by atoms with Gasteiger partial charge in [0.25, 0.3) is 10.0 Å². The van der Waals surface area contributed by atoms with Crippen molar-refractivity contribution in [2.45, 2.75) is 23.8 Å². The molecule has 0 aliphatic carbocycles. The summed E-state index contributed by atoms with van der Waals surface area (Å²) in [6.45, 7) is 3.41. The van der Waals surface area contributed by atoms with Crippen LogP contribution in [-0.2, 0) is 10.0 Å². The first-order valence-electron chi connectivity index (χ1n) is 11.0. The van der Waals surface area contributed by atoms with E-state index in [9.17, 15) is 12.8 Å². The number of anilines is 1. The van der Waals surface area contributed by atoms with Crippen LogP contribution in [0.25, 0.3) is 11.1 Å². The highest BCUT2D eigenvalue weighted by atomic mass is 35.5. The van der Waals surface area contributed by atoms with E-state index >= 15 is 0 Å². The Bertz CT molecular complexity index is 1380. The van der Waals surface area contributed by atoms with Gasteiger partial charge in [0.05, 0.1) is 24.9 Å². The Kier molecular flexibility index (Phi) is 7.56. The minimum Gasteiger partial charge on any atom is -0.493 e. The molecule has 11 heteroatoms. The molecule has 4 rings (SSSR count). The van der Waals surface area contributed by atoms with E-state index in [0.29, 0.717) is 22.9 Å². The van der Waals surface area contributed by atoms with Gasteiger partial charge in [-0.15, -0.1) is 0 Å². The topological polar surface area (TPSA) is 85.9 Å². The Morgan fingerprint density at radius 3 is 2.36 bits per heavy atom. The van der Waals surface area contributed by atoms with Gasteiger partial charge >= 0.3 is 0 Å². The summed E-state index contributed by atoms with van der Waals surface area (Å²) in [5.74, 6) is 0.154. The number of sulfonamides is 1. The van der Waals surface area contributed by atoms with Crippen molar-refractivity contribution in [3.05, 3.63) is 64.4 Å². The molecule has 1 saturated heterocycles. The first kappa shape index (κ1) is 26.3. The van der Waals surface area contributed by atoms with Crippen molar-refractivity contribution in [3.63, 3.8) is 0 Å². The van der Waals surface area contributed by atoms with Crippen molar-refractivity contribution in [2.75, 3.05) is 32.0 Å². The number of hydrogen-bond donors (Lipinski definition) is 2.